The van der Waals surface area contributed by atoms with E-state index >= 15 is 0 Å². The Hall–Kier alpha value is -1.11. The monoisotopic (exact) mass is 330 g/mol. The number of halogens is 1. The molecule has 0 bridgehead atoms. The van der Waals surface area contributed by atoms with E-state index in [0.717, 1.165) is 12.5 Å². The number of hydrogen-bond donors (Lipinski definition) is 0. The van der Waals surface area contributed by atoms with E-state index in [1.807, 2.05) is 13.8 Å². The number of carboxylic acid groups (broad SMARTS) is 1. The molecular formula is C14H17ClNO4S-. The number of rotatable bonds is 3. The average molecular weight is 331 g/mol. The zero-order valence-corrected chi connectivity index (χ0v) is 13.4. The van der Waals surface area contributed by atoms with Crippen LogP contribution in [0.15, 0.2) is 23.1 Å². The van der Waals surface area contributed by atoms with E-state index in [9.17, 15) is 18.3 Å². The van der Waals surface area contributed by atoms with E-state index in [1.165, 1.54) is 16.4 Å². The lowest BCUT2D eigenvalue weighted by Gasteiger charge is -2.34. The van der Waals surface area contributed by atoms with Crippen molar-refractivity contribution in [3.05, 3.63) is 28.8 Å². The van der Waals surface area contributed by atoms with Gasteiger partial charge in [-0.3, -0.25) is 0 Å². The summed E-state index contributed by atoms with van der Waals surface area (Å²) >= 11 is 5.74. The molecule has 0 saturated carbocycles. The van der Waals surface area contributed by atoms with Gasteiger partial charge in [0.2, 0.25) is 10.0 Å². The van der Waals surface area contributed by atoms with E-state index in [0.29, 0.717) is 13.1 Å². The van der Waals surface area contributed by atoms with Gasteiger partial charge in [0.15, 0.2) is 0 Å². The van der Waals surface area contributed by atoms with Gasteiger partial charge in [0.25, 0.3) is 0 Å². The second-order valence-electron chi connectivity index (χ2n) is 5.70. The predicted octanol–water partition coefficient (Wildman–Crippen LogP) is 1.37. The molecule has 1 saturated heterocycles. The van der Waals surface area contributed by atoms with Crippen LogP contribution in [-0.4, -0.2) is 31.8 Å². The van der Waals surface area contributed by atoms with E-state index in [2.05, 4.69) is 0 Å². The summed E-state index contributed by atoms with van der Waals surface area (Å²) in [4.78, 5) is 10.9. The summed E-state index contributed by atoms with van der Waals surface area (Å²) in [6.45, 7) is 4.89. The number of nitrogens with zero attached hydrogens (tertiary/aromatic N) is 1. The molecule has 2 rings (SSSR count). The quantitative estimate of drug-likeness (QED) is 0.838. The highest BCUT2D eigenvalue weighted by molar-refractivity contribution is 7.89. The lowest BCUT2D eigenvalue weighted by atomic mass is 9.94. The number of piperidine rings is 1. The van der Waals surface area contributed by atoms with Gasteiger partial charge in [0, 0.05) is 23.7 Å². The highest BCUT2D eigenvalue weighted by Crippen LogP contribution is 2.28. The van der Waals surface area contributed by atoms with Crippen molar-refractivity contribution < 1.29 is 18.3 Å². The maximum atomic E-state index is 12.6. The Labute approximate surface area is 129 Å². The lowest BCUT2D eigenvalue weighted by Crippen LogP contribution is -2.42. The van der Waals surface area contributed by atoms with Crippen molar-refractivity contribution in [3.63, 3.8) is 0 Å². The van der Waals surface area contributed by atoms with Crippen LogP contribution < -0.4 is 5.11 Å². The Bertz CT molecular complexity index is 649. The molecular weight excluding hydrogens is 314 g/mol. The normalized spacial score (nSPS) is 24.0. The number of aromatic carboxylic acids is 1. The minimum atomic E-state index is -3.72. The highest BCUT2D eigenvalue weighted by Gasteiger charge is 2.31. The first-order valence-corrected chi connectivity index (χ1v) is 8.54. The van der Waals surface area contributed by atoms with Crippen molar-refractivity contribution in [2.75, 3.05) is 13.1 Å². The lowest BCUT2D eigenvalue weighted by molar-refractivity contribution is -0.255. The highest BCUT2D eigenvalue weighted by atomic mass is 35.5. The molecule has 0 amide bonds. The summed E-state index contributed by atoms with van der Waals surface area (Å²) in [5.41, 5.74) is -0.309. The largest absolute Gasteiger partial charge is 0.545 e. The second kappa shape index (κ2) is 5.94. The molecule has 1 aromatic carbocycles. The topological polar surface area (TPSA) is 77.5 Å². The number of sulfonamides is 1. The first-order valence-electron chi connectivity index (χ1n) is 6.73. The fraction of sp³-hybridized carbons (Fsp3) is 0.500. The van der Waals surface area contributed by atoms with E-state index < -0.39 is 16.0 Å². The molecule has 1 aliphatic heterocycles. The Morgan fingerprint density at radius 1 is 1.29 bits per heavy atom. The maximum absolute atomic E-state index is 12.6. The van der Waals surface area contributed by atoms with E-state index in [4.69, 9.17) is 11.6 Å². The molecule has 1 aromatic rings. The third kappa shape index (κ3) is 3.39. The minimum absolute atomic E-state index is 0.0330. The van der Waals surface area contributed by atoms with E-state index in [1.54, 1.807) is 0 Å². The molecule has 7 heteroatoms. The molecule has 0 radical (unpaired) electrons. The van der Waals surface area contributed by atoms with Crippen molar-refractivity contribution in [2.45, 2.75) is 25.2 Å². The zero-order valence-electron chi connectivity index (χ0n) is 11.9. The smallest absolute Gasteiger partial charge is 0.243 e. The molecule has 0 aliphatic carbocycles. The predicted molar refractivity (Wildman–Crippen MR) is 77.5 cm³/mol. The van der Waals surface area contributed by atoms with Crippen LogP contribution in [0.2, 0.25) is 5.02 Å². The van der Waals surface area contributed by atoms with Gasteiger partial charge in [-0.05, 0) is 36.5 Å². The van der Waals surface area contributed by atoms with Gasteiger partial charge in [0.05, 0.1) is 10.9 Å². The molecule has 21 heavy (non-hydrogen) atoms. The van der Waals surface area contributed by atoms with Gasteiger partial charge >= 0.3 is 0 Å². The fourth-order valence-electron chi connectivity index (χ4n) is 2.77. The third-order valence-electron chi connectivity index (χ3n) is 3.63. The summed E-state index contributed by atoms with van der Waals surface area (Å²) in [7, 11) is -3.72. The van der Waals surface area contributed by atoms with Crippen LogP contribution in [0.1, 0.15) is 30.6 Å². The second-order valence-corrected chi connectivity index (χ2v) is 8.04. The SMILES string of the molecule is C[C@H]1C[C@H](C)CN(S(=O)(=O)c2ccc(Cl)c(C(=O)[O-])c2)C1. The van der Waals surface area contributed by atoms with Crippen molar-refractivity contribution in [1.29, 1.82) is 0 Å². The van der Waals surface area contributed by atoms with Gasteiger partial charge < -0.3 is 9.90 Å². The summed E-state index contributed by atoms with van der Waals surface area (Å²) in [6, 6.07) is 3.67. The summed E-state index contributed by atoms with van der Waals surface area (Å²) in [6.07, 6.45) is 0.983. The van der Waals surface area contributed by atoms with Crippen molar-refractivity contribution in [2.24, 2.45) is 11.8 Å². The number of carbonyl (C=O) groups excluding carboxylic acids is 1. The van der Waals surface area contributed by atoms with Crippen molar-refractivity contribution in [1.82, 2.24) is 4.31 Å². The van der Waals surface area contributed by atoms with Gasteiger partial charge in [-0.15, -0.1) is 0 Å². The summed E-state index contributed by atoms with van der Waals surface area (Å²) < 4.78 is 26.7. The van der Waals surface area contributed by atoms with Gasteiger partial charge in [-0.1, -0.05) is 25.4 Å². The molecule has 0 N–H and O–H groups in total. The van der Waals surface area contributed by atoms with Crippen molar-refractivity contribution >= 4 is 27.6 Å². The number of hydrogen-bond acceptors (Lipinski definition) is 4. The molecule has 116 valence electrons. The third-order valence-corrected chi connectivity index (χ3v) is 5.79. The first kappa shape index (κ1) is 16.3. The number of carbonyl (C=O) groups is 1. The standard InChI is InChI=1S/C14H18ClNO4S/c1-9-5-10(2)8-16(7-9)21(19,20)11-3-4-13(15)12(6-11)14(17)18/h3-4,6,9-10H,5,7-8H2,1-2H3,(H,17,18)/p-1/t9-,10-/m0/s1. The number of benzene rings is 1. The maximum Gasteiger partial charge on any atom is 0.243 e. The Morgan fingerprint density at radius 3 is 2.38 bits per heavy atom. The molecule has 2 atom stereocenters. The van der Waals surface area contributed by atoms with Crippen LogP contribution >= 0.6 is 11.6 Å². The Balaban J connectivity index is 2.40. The molecule has 1 heterocycles. The Kier molecular flexibility index (Phi) is 4.60. The van der Waals surface area contributed by atoms with Crippen molar-refractivity contribution in [3.8, 4) is 0 Å². The molecule has 0 aromatic heterocycles. The van der Waals surface area contributed by atoms with Gasteiger partial charge in [-0.2, -0.15) is 4.31 Å². The fourth-order valence-corrected chi connectivity index (χ4v) is 4.67. The average Bonchev–Trinajstić information content (AvgIpc) is 2.37. The molecule has 1 fully saturated rings. The van der Waals surface area contributed by atoms with Crippen LogP contribution in [0.5, 0.6) is 0 Å². The molecule has 1 aliphatic rings. The zero-order chi connectivity index (χ0) is 15.8. The summed E-state index contributed by atoms with van der Waals surface area (Å²) in [5, 5.41) is 10.9. The van der Waals surface area contributed by atoms with Crippen LogP contribution in [-0.2, 0) is 10.0 Å². The van der Waals surface area contributed by atoms with Crippen LogP contribution in [0.25, 0.3) is 0 Å². The van der Waals surface area contributed by atoms with Gasteiger partial charge in [-0.25, -0.2) is 8.42 Å². The molecule has 5 nitrogen and oxygen atoms in total. The van der Waals surface area contributed by atoms with Crippen LogP contribution in [0.3, 0.4) is 0 Å². The minimum Gasteiger partial charge on any atom is -0.545 e. The van der Waals surface area contributed by atoms with E-state index in [-0.39, 0.29) is 27.3 Å². The molecule has 0 unspecified atom stereocenters. The van der Waals surface area contributed by atoms with Crippen LogP contribution in [0.4, 0.5) is 0 Å². The van der Waals surface area contributed by atoms with Gasteiger partial charge in [0.1, 0.15) is 0 Å². The summed E-state index contributed by atoms with van der Waals surface area (Å²) in [5.74, 6) is -0.940. The first-order chi connectivity index (χ1) is 9.71. The molecule has 0 spiro atoms. The van der Waals surface area contributed by atoms with Crippen LogP contribution in [0, 0.1) is 11.8 Å². The Morgan fingerprint density at radius 2 is 1.86 bits per heavy atom. The number of carboxylic acids is 1.